The van der Waals surface area contributed by atoms with Crippen LogP contribution in [0, 0.1) is 0 Å². The Morgan fingerprint density at radius 2 is 1.82 bits per heavy atom. The van der Waals surface area contributed by atoms with Gasteiger partial charge >= 0.3 is 0 Å². The minimum Gasteiger partial charge on any atom is -0.489 e. The van der Waals surface area contributed by atoms with Crippen molar-refractivity contribution in [2.75, 3.05) is 18.5 Å². The second-order valence-electron chi connectivity index (χ2n) is 4.60. The molecule has 0 fully saturated rings. The summed E-state index contributed by atoms with van der Waals surface area (Å²) in [6, 6.07) is 15.8. The highest BCUT2D eigenvalue weighted by atomic mass is 19.1. The van der Waals surface area contributed by atoms with Crippen molar-refractivity contribution in [2.24, 2.45) is 5.73 Å². The number of nitrogens with one attached hydrogen (secondary N) is 1. The third-order valence-corrected chi connectivity index (χ3v) is 2.99. The molecule has 5 heteroatoms. The molecule has 0 radical (unpaired) electrons. The van der Waals surface area contributed by atoms with E-state index in [4.69, 9.17) is 10.5 Å². The van der Waals surface area contributed by atoms with Gasteiger partial charge in [-0.05, 0) is 36.4 Å². The number of halogens is 1. The second-order valence-corrected chi connectivity index (χ2v) is 4.60. The van der Waals surface area contributed by atoms with Crippen molar-refractivity contribution in [3.05, 3.63) is 72.1 Å². The molecule has 2 aromatic rings. The summed E-state index contributed by atoms with van der Waals surface area (Å²) in [5.41, 5.74) is 6.95. The summed E-state index contributed by atoms with van der Waals surface area (Å²) in [6.07, 6.45) is 0.446. The molecule has 1 amide bonds. The molecular weight excluding hydrogens is 283 g/mol. The zero-order valence-electron chi connectivity index (χ0n) is 12.0. The topological polar surface area (TPSA) is 64.3 Å². The molecule has 0 bridgehead atoms. The molecule has 0 saturated heterocycles. The van der Waals surface area contributed by atoms with Crippen LogP contribution in [0.25, 0.3) is 0 Å². The summed E-state index contributed by atoms with van der Waals surface area (Å²) < 4.78 is 17.7. The normalized spacial score (nSPS) is 11.1. The molecule has 22 heavy (non-hydrogen) atoms. The van der Waals surface area contributed by atoms with Gasteiger partial charge in [0.25, 0.3) is 5.91 Å². The first-order chi connectivity index (χ1) is 10.7. The Labute approximate surface area is 128 Å². The van der Waals surface area contributed by atoms with E-state index in [9.17, 15) is 9.18 Å². The molecule has 0 saturated carbocycles. The predicted octanol–water partition coefficient (Wildman–Crippen LogP) is 3.13. The summed E-state index contributed by atoms with van der Waals surface area (Å²) in [5, 5.41) is 2.79. The predicted molar refractivity (Wildman–Crippen MR) is 84.6 cm³/mol. The van der Waals surface area contributed by atoms with E-state index in [0.29, 0.717) is 23.2 Å². The quantitative estimate of drug-likeness (QED) is 0.861. The summed E-state index contributed by atoms with van der Waals surface area (Å²) in [4.78, 5) is 12.1. The molecule has 0 aliphatic carbocycles. The van der Waals surface area contributed by atoms with Crippen LogP contribution in [-0.2, 0) is 0 Å². The van der Waals surface area contributed by atoms with Crippen LogP contribution in [0.3, 0.4) is 0 Å². The van der Waals surface area contributed by atoms with Crippen molar-refractivity contribution < 1.29 is 13.9 Å². The third-order valence-electron chi connectivity index (χ3n) is 2.99. The minimum absolute atomic E-state index is 0.0859. The van der Waals surface area contributed by atoms with Crippen LogP contribution in [0.15, 0.2) is 66.5 Å². The molecule has 2 rings (SSSR count). The van der Waals surface area contributed by atoms with E-state index in [-0.39, 0.29) is 19.1 Å². The molecule has 3 N–H and O–H groups in total. The lowest BCUT2D eigenvalue weighted by Crippen LogP contribution is -2.12. The Morgan fingerprint density at radius 1 is 1.14 bits per heavy atom. The highest BCUT2D eigenvalue weighted by Crippen LogP contribution is 2.15. The Morgan fingerprint density at radius 3 is 2.41 bits per heavy atom. The number of carbonyl (C=O) groups excluding carboxylic acids is 1. The molecule has 2 aromatic carbocycles. The van der Waals surface area contributed by atoms with Crippen molar-refractivity contribution in [2.45, 2.75) is 0 Å². The number of ether oxygens (including phenoxy) is 1. The Hall–Kier alpha value is -2.66. The molecule has 0 spiro atoms. The fraction of sp³-hybridized carbons (Fsp3) is 0.118. The number of benzene rings is 2. The van der Waals surface area contributed by atoms with E-state index in [1.807, 2.05) is 30.3 Å². The second kappa shape index (κ2) is 7.95. The lowest BCUT2D eigenvalue weighted by molar-refractivity contribution is 0.102. The van der Waals surface area contributed by atoms with Gasteiger partial charge in [-0.15, -0.1) is 0 Å². The number of anilines is 1. The first-order valence-electron chi connectivity index (χ1n) is 6.80. The van der Waals surface area contributed by atoms with Crippen LogP contribution in [0.1, 0.15) is 10.4 Å². The smallest absolute Gasteiger partial charge is 0.255 e. The highest BCUT2D eigenvalue weighted by Gasteiger charge is 2.06. The number of nitrogens with two attached hydrogens (primary N) is 1. The van der Waals surface area contributed by atoms with Crippen LogP contribution >= 0.6 is 0 Å². The highest BCUT2D eigenvalue weighted by molar-refractivity contribution is 6.04. The van der Waals surface area contributed by atoms with Gasteiger partial charge in [0.1, 0.15) is 12.4 Å². The van der Waals surface area contributed by atoms with Crippen LogP contribution in [0.2, 0.25) is 0 Å². The summed E-state index contributed by atoms with van der Waals surface area (Å²) >= 11 is 0. The Balaban J connectivity index is 1.95. The van der Waals surface area contributed by atoms with Crippen molar-refractivity contribution in [3.63, 3.8) is 0 Å². The fourth-order valence-electron chi connectivity index (χ4n) is 1.74. The molecule has 0 aliphatic heterocycles. The van der Waals surface area contributed by atoms with Crippen molar-refractivity contribution in [1.29, 1.82) is 0 Å². The number of para-hydroxylation sites is 1. The van der Waals surface area contributed by atoms with Gasteiger partial charge < -0.3 is 15.8 Å². The van der Waals surface area contributed by atoms with E-state index in [1.165, 1.54) is 0 Å². The lowest BCUT2D eigenvalue weighted by Gasteiger charge is -2.08. The monoisotopic (exact) mass is 300 g/mol. The van der Waals surface area contributed by atoms with E-state index in [0.717, 1.165) is 5.69 Å². The van der Waals surface area contributed by atoms with Crippen molar-refractivity contribution in [1.82, 2.24) is 0 Å². The number of amides is 1. The SMILES string of the molecule is NCC(=CF)COc1ccc(C(=O)Nc2ccccc2)cc1. The fourth-order valence-corrected chi connectivity index (χ4v) is 1.74. The van der Waals surface area contributed by atoms with Gasteiger partial charge in [0, 0.05) is 23.4 Å². The van der Waals surface area contributed by atoms with E-state index >= 15 is 0 Å². The van der Waals surface area contributed by atoms with Gasteiger partial charge in [-0.2, -0.15) is 0 Å². The first-order valence-corrected chi connectivity index (χ1v) is 6.80. The molecule has 4 nitrogen and oxygen atoms in total. The number of hydrogen-bond acceptors (Lipinski definition) is 3. The van der Waals surface area contributed by atoms with Gasteiger partial charge in [0.2, 0.25) is 0 Å². The van der Waals surface area contributed by atoms with E-state index in [2.05, 4.69) is 5.32 Å². The molecule has 0 aromatic heterocycles. The minimum atomic E-state index is -0.205. The van der Waals surface area contributed by atoms with Gasteiger partial charge in [-0.3, -0.25) is 4.79 Å². The Bertz CT molecular complexity index is 639. The number of rotatable bonds is 6. The maximum absolute atomic E-state index is 12.4. The van der Waals surface area contributed by atoms with Crippen LogP contribution in [0.4, 0.5) is 10.1 Å². The molecule has 0 heterocycles. The molecule has 0 unspecified atom stereocenters. The van der Waals surface area contributed by atoms with Crippen LogP contribution in [-0.4, -0.2) is 19.1 Å². The van der Waals surface area contributed by atoms with Crippen LogP contribution in [0.5, 0.6) is 5.75 Å². The summed E-state index contributed by atoms with van der Waals surface area (Å²) in [7, 11) is 0. The van der Waals surface area contributed by atoms with Crippen molar-refractivity contribution in [3.8, 4) is 5.75 Å². The maximum Gasteiger partial charge on any atom is 0.255 e. The zero-order chi connectivity index (χ0) is 15.8. The number of carbonyl (C=O) groups is 1. The number of hydrogen-bond donors (Lipinski definition) is 2. The van der Waals surface area contributed by atoms with E-state index < -0.39 is 0 Å². The van der Waals surface area contributed by atoms with Crippen molar-refractivity contribution >= 4 is 11.6 Å². The standard InChI is InChI=1S/C17H17FN2O2/c18-10-13(11-19)12-22-16-8-6-14(7-9-16)17(21)20-15-4-2-1-3-5-15/h1-10H,11-12,19H2,(H,20,21). The summed E-state index contributed by atoms with van der Waals surface area (Å²) in [6.45, 7) is 0.191. The van der Waals surface area contributed by atoms with Crippen LogP contribution < -0.4 is 15.8 Å². The zero-order valence-corrected chi connectivity index (χ0v) is 12.0. The van der Waals surface area contributed by atoms with Gasteiger partial charge in [0.15, 0.2) is 0 Å². The average Bonchev–Trinajstić information content (AvgIpc) is 2.57. The first kappa shape index (κ1) is 15.7. The van der Waals surface area contributed by atoms with Gasteiger partial charge in [-0.1, -0.05) is 18.2 Å². The third kappa shape index (κ3) is 4.43. The lowest BCUT2D eigenvalue weighted by atomic mass is 10.2. The van der Waals surface area contributed by atoms with E-state index in [1.54, 1.807) is 24.3 Å². The van der Waals surface area contributed by atoms with Gasteiger partial charge in [0.05, 0.1) is 6.33 Å². The Kier molecular flexibility index (Phi) is 5.68. The molecule has 0 aliphatic rings. The largest absolute Gasteiger partial charge is 0.489 e. The molecular formula is C17H17FN2O2. The van der Waals surface area contributed by atoms with Gasteiger partial charge in [-0.25, -0.2) is 4.39 Å². The maximum atomic E-state index is 12.4. The molecule has 114 valence electrons. The molecule has 0 atom stereocenters. The average molecular weight is 300 g/mol. The summed E-state index contributed by atoms with van der Waals surface area (Å²) in [5.74, 6) is 0.341.